The van der Waals surface area contributed by atoms with E-state index < -0.39 is 15.9 Å². The van der Waals surface area contributed by atoms with Gasteiger partial charge in [-0.25, -0.2) is 13.4 Å². The van der Waals surface area contributed by atoms with Crippen molar-refractivity contribution >= 4 is 27.5 Å². The Labute approximate surface area is 247 Å². The lowest BCUT2D eigenvalue weighted by atomic mass is 9.99. The number of nitrogens with zero attached hydrogens (tertiary/aromatic N) is 4. The van der Waals surface area contributed by atoms with Crippen LogP contribution in [0.1, 0.15) is 48.9 Å². The molecule has 41 heavy (non-hydrogen) atoms. The number of nitriles is 1. The molecule has 11 heteroatoms. The number of rotatable bonds is 8. The fourth-order valence-electron chi connectivity index (χ4n) is 4.99. The van der Waals surface area contributed by atoms with Crippen LogP contribution < -0.4 is 10.6 Å². The van der Waals surface area contributed by atoms with Crippen LogP contribution in [0.3, 0.4) is 0 Å². The van der Waals surface area contributed by atoms with Gasteiger partial charge in [0.15, 0.2) is 0 Å². The van der Waals surface area contributed by atoms with Gasteiger partial charge in [-0.05, 0) is 74.7 Å². The second kappa shape index (κ2) is 15.1. The van der Waals surface area contributed by atoms with Crippen molar-refractivity contribution < 1.29 is 13.2 Å². The summed E-state index contributed by atoms with van der Waals surface area (Å²) in [4.78, 5) is 17.2. The molecule has 2 aliphatic heterocycles. The predicted octanol–water partition coefficient (Wildman–Crippen LogP) is 3.98. The minimum absolute atomic E-state index is 0.140. The number of carbonyl (C=O) groups excluding carboxylic acids is 1. The molecule has 3 heterocycles. The number of carbonyl (C=O) groups is 1. The zero-order chi connectivity index (χ0) is 29.1. The molecule has 218 valence electrons. The van der Waals surface area contributed by atoms with E-state index in [-0.39, 0.29) is 17.3 Å². The van der Waals surface area contributed by atoms with Gasteiger partial charge in [-0.3, -0.25) is 4.79 Å². The number of amides is 1. The summed E-state index contributed by atoms with van der Waals surface area (Å²) in [6.45, 7) is 4.08. The van der Waals surface area contributed by atoms with Gasteiger partial charge in [0.05, 0.1) is 28.8 Å². The number of aromatic nitrogens is 2. The van der Waals surface area contributed by atoms with Gasteiger partial charge in [0, 0.05) is 49.5 Å². The maximum atomic E-state index is 13.0. The number of hydrogen-bond acceptors (Lipinski definition) is 6. The summed E-state index contributed by atoms with van der Waals surface area (Å²) in [5.41, 5.74) is 2.64. The van der Waals surface area contributed by atoms with E-state index in [9.17, 15) is 13.2 Å². The zero-order valence-corrected chi connectivity index (χ0v) is 24.7. The molecule has 2 saturated heterocycles. The summed E-state index contributed by atoms with van der Waals surface area (Å²) < 4.78 is 29.4. The minimum Gasteiger partial charge on any atom is -0.355 e. The number of sulfonamides is 1. The minimum atomic E-state index is -3.71. The molecular weight excluding hydrogens is 560 g/mol. The van der Waals surface area contributed by atoms with Crippen molar-refractivity contribution in [1.29, 1.82) is 5.26 Å². The first-order valence-electron chi connectivity index (χ1n) is 14.1. The van der Waals surface area contributed by atoms with Crippen molar-refractivity contribution in [2.45, 2.75) is 50.0 Å². The van der Waals surface area contributed by atoms with Crippen molar-refractivity contribution in [2.75, 3.05) is 32.7 Å². The van der Waals surface area contributed by atoms with E-state index in [1.54, 1.807) is 36.8 Å². The SMILES string of the molecule is C1CCNCC1.N#Cc1ccc(Cn2cncc2CCNC(=O)[C@H]2CCCN(S(=O)(=O)c3cccc(Cl)c3)C2)cc1. The predicted molar refractivity (Wildman–Crippen MR) is 159 cm³/mol. The number of halogens is 1. The lowest BCUT2D eigenvalue weighted by molar-refractivity contribution is -0.126. The van der Waals surface area contributed by atoms with Crippen molar-refractivity contribution in [1.82, 2.24) is 24.5 Å². The van der Waals surface area contributed by atoms with Crippen molar-refractivity contribution in [3.05, 3.63) is 82.9 Å². The van der Waals surface area contributed by atoms with Crippen LogP contribution in [0.15, 0.2) is 66.0 Å². The summed E-state index contributed by atoms with van der Waals surface area (Å²) in [7, 11) is -3.71. The Hall–Kier alpha value is -3.23. The summed E-state index contributed by atoms with van der Waals surface area (Å²) >= 11 is 5.97. The Morgan fingerprint density at radius 3 is 2.56 bits per heavy atom. The van der Waals surface area contributed by atoms with Crippen LogP contribution in [0.4, 0.5) is 0 Å². The number of imidazole rings is 1. The Morgan fingerprint density at radius 1 is 1.12 bits per heavy atom. The van der Waals surface area contributed by atoms with Crippen LogP contribution in [0.2, 0.25) is 5.02 Å². The molecule has 0 unspecified atom stereocenters. The van der Waals surface area contributed by atoms with Crippen LogP contribution in [-0.2, 0) is 27.8 Å². The monoisotopic (exact) mass is 596 g/mol. The molecule has 0 spiro atoms. The molecule has 0 bridgehead atoms. The highest BCUT2D eigenvalue weighted by Crippen LogP contribution is 2.25. The maximum Gasteiger partial charge on any atom is 0.243 e. The van der Waals surface area contributed by atoms with Gasteiger partial charge >= 0.3 is 0 Å². The summed E-state index contributed by atoms with van der Waals surface area (Å²) in [6.07, 6.45) is 9.59. The molecule has 0 aliphatic carbocycles. The molecule has 2 fully saturated rings. The zero-order valence-electron chi connectivity index (χ0n) is 23.1. The van der Waals surface area contributed by atoms with Crippen LogP contribution >= 0.6 is 11.6 Å². The second-order valence-electron chi connectivity index (χ2n) is 10.3. The van der Waals surface area contributed by atoms with E-state index >= 15 is 0 Å². The Balaban J connectivity index is 0.000000572. The average molecular weight is 597 g/mol. The molecule has 2 aromatic carbocycles. The molecule has 1 aromatic heterocycles. The van der Waals surface area contributed by atoms with Crippen molar-refractivity contribution in [3.63, 3.8) is 0 Å². The second-order valence-corrected chi connectivity index (χ2v) is 12.7. The van der Waals surface area contributed by atoms with Gasteiger partial charge in [-0.2, -0.15) is 9.57 Å². The molecule has 1 amide bonds. The first-order valence-corrected chi connectivity index (χ1v) is 15.9. The highest BCUT2D eigenvalue weighted by atomic mass is 35.5. The molecule has 3 aromatic rings. The van der Waals surface area contributed by atoms with Crippen LogP contribution in [0, 0.1) is 17.2 Å². The van der Waals surface area contributed by atoms with Crippen molar-refractivity contribution in [2.24, 2.45) is 5.92 Å². The van der Waals surface area contributed by atoms with Gasteiger partial charge in [0.2, 0.25) is 15.9 Å². The number of benzene rings is 2. The third kappa shape index (κ3) is 8.88. The summed E-state index contributed by atoms with van der Waals surface area (Å²) in [6, 6.07) is 15.7. The molecule has 2 N–H and O–H groups in total. The molecule has 0 radical (unpaired) electrons. The Morgan fingerprint density at radius 2 is 1.90 bits per heavy atom. The number of nitrogens with one attached hydrogen (secondary N) is 2. The molecule has 0 saturated carbocycles. The van der Waals surface area contributed by atoms with E-state index in [4.69, 9.17) is 16.9 Å². The molecule has 9 nitrogen and oxygen atoms in total. The first-order chi connectivity index (χ1) is 19.9. The summed E-state index contributed by atoms with van der Waals surface area (Å²) in [5, 5.41) is 15.5. The third-order valence-corrected chi connectivity index (χ3v) is 9.41. The van der Waals surface area contributed by atoms with E-state index in [0.717, 1.165) is 11.3 Å². The molecule has 2 aliphatic rings. The van der Waals surface area contributed by atoms with Gasteiger partial charge in [-0.1, -0.05) is 36.2 Å². The van der Waals surface area contributed by atoms with Crippen LogP contribution in [-0.4, -0.2) is 60.9 Å². The largest absolute Gasteiger partial charge is 0.355 e. The Bertz CT molecular complexity index is 1420. The number of hydrogen-bond donors (Lipinski definition) is 2. The van der Waals surface area contributed by atoms with Crippen LogP contribution in [0.25, 0.3) is 0 Å². The highest BCUT2D eigenvalue weighted by molar-refractivity contribution is 7.89. The van der Waals surface area contributed by atoms with E-state index in [0.29, 0.717) is 49.5 Å². The van der Waals surface area contributed by atoms with Crippen LogP contribution in [0.5, 0.6) is 0 Å². The first kappa shape index (κ1) is 30.7. The highest BCUT2D eigenvalue weighted by Gasteiger charge is 2.33. The lowest BCUT2D eigenvalue weighted by Gasteiger charge is -2.31. The van der Waals surface area contributed by atoms with Gasteiger partial charge in [0.1, 0.15) is 0 Å². The van der Waals surface area contributed by atoms with E-state index in [1.165, 1.54) is 48.8 Å². The topological polar surface area (TPSA) is 120 Å². The fourth-order valence-corrected chi connectivity index (χ4v) is 6.82. The van der Waals surface area contributed by atoms with Gasteiger partial charge < -0.3 is 15.2 Å². The molecule has 1 atom stereocenters. The molecule has 5 rings (SSSR count). The van der Waals surface area contributed by atoms with Crippen molar-refractivity contribution in [3.8, 4) is 6.07 Å². The quantitative estimate of drug-likeness (QED) is 0.406. The van der Waals surface area contributed by atoms with Gasteiger partial charge in [-0.15, -0.1) is 0 Å². The molecular formula is C30H37ClN6O3S. The maximum absolute atomic E-state index is 13.0. The third-order valence-electron chi connectivity index (χ3n) is 7.31. The lowest BCUT2D eigenvalue weighted by Crippen LogP contribution is -2.45. The van der Waals surface area contributed by atoms with E-state index in [2.05, 4.69) is 21.7 Å². The number of piperidine rings is 2. The van der Waals surface area contributed by atoms with E-state index in [1.807, 2.05) is 16.7 Å². The van der Waals surface area contributed by atoms with Gasteiger partial charge in [0.25, 0.3) is 0 Å². The standard InChI is InChI=1S/C25H26ClN5O3S.C5H11N/c26-22-4-1-5-24(13-22)35(33,34)31-12-2-3-21(17-31)25(32)29-11-10-23-15-28-18-30(23)16-20-8-6-19(14-27)7-9-20;1-2-4-6-5-3-1/h1,4-9,13,15,18,21H,2-3,10-12,16-17H2,(H,29,32);6H,1-5H2/t21-;/m0./s1. The summed E-state index contributed by atoms with van der Waals surface area (Å²) in [5.74, 6) is -0.546. The Kier molecular flexibility index (Phi) is 11.3. The average Bonchev–Trinajstić information content (AvgIpc) is 3.45. The smallest absolute Gasteiger partial charge is 0.243 e. The normalized spacial score (nSPS) is 17.6. The fraction of sp³-hybridized carbons (Fsp3) is 0.433.